The summed E-state index contributed by atoms with van der Waals surface area (Å²) in [6.07, 6.45) is 0.719. The molecule has 5 aromatic rings. The second-order valence-corrected chi connectivity index (χ2v) is 7.88. The van der Waals surface area contributed by atoms with Crippen molar-refractivity contribution in [3.05, 3.63) is 101 Å². The summed E-state index contributed by atoms with van der Waals surface area (Å²) >= 11 is 0. The van der Waals surface area contributed by atoms with Gasteiger partial charge in [0.25, 0.3) is 5.91 Å². The van der Waals surface area contributed by atoms with Crippen molar-refractivity contribution in [1.82, 2.24) is 14.5 Å². The standard InChI is InChI=1S/C27H21N5O/c1-18-9-5-6-12-20(18)27(33)31-25-21(17-28)24-26(30-23-14-8-7-13-22(23)29-24)32(25)16-15-19-10-3-2-4-11-19/h2-14H,15-16H2,1H3,(H,31,33). The van der Waals surface area contributed by atoms with Crippen molar-refractivity contribution in [3.8, 4) is 6.07 Å². The molecule has 0 unspecified atom stereocenters. The van der Waals surface area contributed by atoms with Crippen LogP contribution in [0.2, 0.25) is 0 Å². The topological polar surface area (TPSA) is 83.6 Å². The molecule has 0 bridgehead atoms. The van der Waals surface area contributed by atoms with Gasteiger partial charge in [-0.05, 0) is 42.7 Å². The van der Waals surface area contributed by atoms with Gasteiger partial charge in [-0.25, -0.2) is 9.97 Å². The van der Waals surface area contributed by atoms with Crippen LogP contribution >= 0.6 is 0 Å². The monoisotopic (exact) mass is 431 g/mol. The Morgan fingerprint density at radius 3 is 2.33 bits per heavy atom. The molecule has 160 valence electrons. The molecule has 0 radical (unpaired) electrons. The van der Waals surface area contributed by atoms with Gasteiger partial charge in [-0.3, -0.25) is 4.79 Å². The second-order valence-electron chi connectivity index (χ2n) is 7.88. The number of rotatable bonds is 5. The predicted molar refractivity (Wildman–Crippen MR) is 129 cm³/mol. The number of carbonyl (C=O) groups is 1. The highest BCUT2D eigenvalue weighted by Crippen LogP contribution is 2.30. The lowest BCUT2D eigenvalue weighted by Crippen LogP contribution is -2.17. The van der Waals surface area contributed by atoms with Crippen LogP contribution in [0.3, 0.4) is 0 Å². The summed E-state index contributed by atoms with van der Waals surface area (Å²) in [6.45, 7) is 2.43. The molecule has 2 aromatic heterocycles. The average molecular weight is 431 g/mol. The number of nitrogens with zero attached hydrogens (tertiary/aromatic N) is 4. The maximum atomic E-state index is 13.2. The predicted octanol–water partition coefficient (Wildman–Crippen LogP) is 5.26. The van der Waals surface area contributed by atoms with E-state index in [0.29, 0.717) is 40.2 Å². The van der Waals surface area contributed by atoms with E-state index in [1.54, 1.807) is 6.07 Å². The Morgan fingerprint density at radius 2 is 1.61 bits per heavy atom. The van der Waals surface area contributed by atoms with Gasteiger partial charge in [0.05, 0.1) is 11.0 Å². The van der Waals surface area contributed by atoms with Gasteiger partial charge in [-0.2, -0.15) is 5.26 Å². The fourth-order valence-electron chi connectivity index (χ4n) is 4.04. The largest absolute Gasteiger partial charge is 0.309 e. The molecule has 6 nitrogen and oxygen atoms in total. The van der Waals surface area contributed by atoms with Gasteiger partial charge < -0.3 is 9.88 Å². The van der Waals surface area contributed by atoms with E-state index in [4.69, 9.17) is 9.97 Å². The molecule has 0 aliphatic rings. The number of nitrogens with one attached hydrogen (secondary N) is 1. The van der Waals surface area contributed by atoms with E-state index in [9.17, 15) is 10.1 Å². The molecule has 3 aromatic carbocycles. The highest BCUT2D eigenvalue weighted by atomic mass is 16.1. The van der Waals surface area contributed by atoms with Gasteiger partial charge in [-0.15, -0.1) is 0 Å². The molecule has 0 spiro atoms. The lowest BCUT2D eigenvalue weighted by molar-refractivity contribution is 0.102. The molecule has 5 rings (SSSR count). The van der Waals surface area contributed by atoms with Crippen LogP contribution < -0.4 is 5.32 Å². The van der Waals surface area contributed by atoms with Crippen LogP contribution in [0.15, 0.2) is 78.9 Å². The molecule has 0 saturated carbocycles. The van der Waals surface area contributed by atoms with Crippen LogP contribution in [0.25, 0.3) is 22.2 Å². The van der Waals surface area contributed by atoms with Crippen molar-refractivity contribution in [2.45, 2.75) is 19.9 Å². The first kappa shape index (κ1) is 20.4. The molecular weight excluding hydrogens is 410 g/mol. The number of nitriles is 1. The van der Waals surface area contributed by atoms with Crippen LogP contribution in [0.4, 0.5) is 5.82 Å². The normalized spacial score (nSPS) is 10.9. The Labute approximate surface area is 191 Å². The van der Waals surface area contributed by atoms with E-state index < -0.39 is 0 Å². The molecule has 33 heavy (non-hydrogen) atoms. The number of carbonyl (C=O) groups excluding carboxylic acids is 1. The van der Waals surface area contributed by atoms with Gasteiger partial charge in [0, 0.05) is 12.1 Å². The fourth-order valence-corrected chi connectivity index (χ4v) is 4.04. The van der Waals surface area contributed by atoms with Gasteiger partial charge in [0.1, 0.15) is 23.0 Å². The number of anilines is 1. The van der Waals surface area contributed by atoms with Crippen molar-refractivity contribution in [1.29, 1.82) is 5.26 Å². The molecule has 1 amide bonds. The van der Waals surface area contributed by atoms with Crippen molar-refractivity contribution in [2.24, 2.45) is 0 Å². The van der Waals surface area contributed by atoms with Gasteiger partial charge >= 0.3 is 0 Å². The minimum Gasteiger partial charge on any atom is -0.309 e. The summed E-state index contributed by atoms with van der Waals surface area (Å²) in [6, 6.07) is 27.3. The zero-order valence-electron chi connectivity index (χ0n) is 18.1. The molecule has 6 heteroatoms. The highest BCUT2D eigenvalue weighted by Gasteiger charge is 2.23. The SMILES string of the molecule is Cc1ccccc1C(=O)Nc1c(C#N)c2nc3ccccc3nc2n1CCc1ccccc1. The molecular formula is C27H21N5O. The minimum atomic E-state index is -0.266. The van der Waals surface area contributed by atoms with Crippen molar-refractivity contribution >= 4 is 33.9 Å². The number of fused-ring (bicyclic) bond motifs is 2. The lowest BCUT2D eigenvalue weighted by atomic mass is 10.1. The molecule has 2 heterocycles. The first-order chi connectivity index (χ1) is 16.2. The van der Waals surface area contributed by atoms with E-state index in [-0.39, 0.29) is 5.91 Å². The number of aromatic nitrogens is 3. The molecule has 0 aliphatic heterocycles. The number of amides is 1. The summed E-state index contributed by atoms with van der Waals surface area (Å²) < 4.78 is 1.90. The zero-order valence-corrected chi connectivity index (χ0v) is 18.1. The number of para-hydroxylation sites is 2. The fraction of sp³-hybridized carbons (Fsp3) is 0.111. The summed E-state index contributed by atoms with van der Waals surface area (Å²) in [4.78, 5) is 22.7. The maximum Gasteiger partial charge on any atom is 0.257 e. The Hall–Kier alpha value is -4.50. The third-order valence-electron chi connectivity index (χ3n) is 5.75. The van der Waals surface area contributed by atoms with E-state index >= 15 is 0 Å². The molecule has 0 saturated heterocycles. The van der Waals surface area contributed by atoms with E-state index in [1.807, 2.05) is 72.2 Å². The quantitative estimate of drug-likeness (QED) is 0.411. The molecule has 0 atom stereocenters. The van der Waals surface area contributed by atoms with Crippen molar-refractivity contribution in [3.63, 3.8) is 0 Å². The van der Waals surface area contributed by atoms with E-state index in [0.717, 1.165) is 23.1 Å². The maximum absolute atomic E-state index is 13.2. The first-order valence-corrected chi connectivity index (χ1v) is 10.8. The van der Waals surface area contributed by atoms with E-state index in [1.165, 1.54) is 0 Å². The summed E-state index contributed by atoms with van der Waals surface area (Å²) in [7, 11) is 0. The summed E-state index contributed by atoms with van der Waals surface area (Å²) in [5.41, 5.74) is 5.42. The number of hydrogen-bond donors (Lipinski definition) is 1. The van der Waals surface area contributed by atoms with Crippen molar-refractivity contribution in [2.75, 3.05) is 5.32 Å². The number of aryl methyl sites for hydroxylation is 3. The first-order valence-electron chi connectivity index (χ1n) is 10.8. The average Bonchev–Trinajstić information content (AvgIpc) is 3.13. The smallest absolute Gasteiger partial charge is 0.257 e. The summed E-state index contributed by atoms with van der Waals surface area (Å²) in [5.74, 6) is 0.157. The van der Waals surface area contributed by atoms with Crippen molar-refractivity contribution < 1.29 is 4.79 Å². The van der Waals surface area contributed by atoms with Gasteiger partial charge in [-0.1, -0.05) is 60.7 Å². The Kier molecular flexibility index (Phi) is 5.29. The van der Waals surface area contributed by atoms with Crippen LogP contribution in [0, 0.1) is 18.3 Å². The Morgan fingerprint density at radius 1 is 0.939 bits per heavy atom. The molecule has 1 N–H and O–H groups in total. The number of benzene rings is 3. The lowest BCUT2D eigenvalue weighted by Gasteiger charge is -2.13. The molecule has 0 aliphatic carbocycles. The van der Waals surface area contributed by atoms with Crippen LogP contribution in [-0.2, 0) is 13.0 Å². The van der Waals surface area contributed by atoms with Crippen LogP contribution in [0.1, 0.15) is 27.0 Å². The van der Waals surface area contributed by atoms with Gasteiger partial charge in [0.15, 0.2) is 5.65 Å². The second kappa shape index (κ2) is 8.56. The Bertz CT molecular complexity index is 1530. The third kappa shape index (κ3) is 3.81. The minimum absolute atomic E-state index is 0.266. The number of hydrogen-bond acceptors (Lipinski definition) is 4. The van der Waals surface area contributed by atoms with Crippen LogP contribution in [-0.4, -0.2) is 20.4 Å². The Balaban J connectivity index is 1.66. The highest BCUT2D eigenvalue weighted by molar-refractivity contribution is 6.07. The van der Waals surface area contributed by atoms with Crippen LogP contribution in [0.5, 0.6) is 0 Å². The molecule has 0 fully saturated rings. The zero-order chi connectivity index (χ0) is 22.8. The van der Waals surface area contributed by atoms with Gasteiger partial charge in [0.2, 0.25) is 0 Å². The summed E-state index contributed by atoms with van der Waals surface area (Å²) in [5, 5.41) is 13.0. The third-order valence-corrected chi connectivity index (χ3v) is 5.75. The van der Waals surface area contributed by atoms with E-state index in [2.05, 4.69) is 23.5 Å².